The van der Waals surface area contributed by atoms with Gasteiger partial charge in [-0.15, -0.1) is 5.10 Å². The minimum absolute atomic E-state index is 0.0798. The third kappa shape index (κ3) is 2.44. The molecule has 3 aromatic rings. The Morgan fingerprint density at radius 3 is 2.76 bits per heavy atom. The lowest BCUT2D eigenvalue weighted by molar-refractivity contribution is 0.587. The fourth-order valence-electron chi connectivity index (χ4n) is 3.23. The van der Waals surface area contributed by atoms with Crippen molar-refractivity contribution in [2.45, 2.75) is 18.9 Å². The lowest BCUT2D eigenvalue weighted by atomic mass is 10.1. The molecule has 5 nitrogen and oxygen atoms in total. The number of aryl methyl sites for hydroxylation is 1. The van der Waals surface area contributed by atoms with Gasteiger partial charge in [0, 0.05) is 6.42 Å². The zero-order valence-electron chi connectivity index (χ0n) is 13.0. The van der Waals surface area contributed by atoms with Gasteiger partial charge in [-0.05, 0) is 24.1 Å². The molecule has 0 radical (unpaired) electrons. The molecule has 0 saturated carbocycles. The van der Waals surface area contributed by atoms with E-state index in [1.165, 1.54) is 16.8 Å². The van der Waals surface area contributed by atoms with Crippen LogP contribution in [0.2, 0.25) is 5.02 Å². The van der Waals surface area contributed by atoms with Crippen molar-refractivity contribution in [3.8, 4) is 11.8 Å². The van der Waals surface area contributed by atoms with E-state index in [9.17, 15) is 9.18 Å². The predicted molar refractivity (Wildman–Crippen MR) is 90.4 cm³/mol. The van der Waals surface area contributed by atoms with Gasteiger partial charge < -0.3 is 0 Å². The molecule has 0 unspecified atom stereocenters. The minimum Gasteiger partial charge on any atom is -0.271 e. The van der Waals surface area contributed by atoms with E-state index in [0.717, 1.165) is 12.0 Å². The van der Waals surface area contributed by atoms with Crippen LogP contribution in [0.5, 0.6) is 0 Å². The largest absolute Gasteiger partial charge is 0.351 e. The maximum Gasteiger partial charge on any atom is 0.351 e. The van der Waals surface area contributed by atoms with Crippen LogP contribution in [0.4, 0.5) is 4.39 Å². The normalized spacial score (nSPS) is 15.8. The van der Waals surface area contributed by atoms with Crippen molar-refractivity contribution in [2.24, 2.45) is 0 Å². The fourth-order valence-corrected chi connectivity index (χ4v) is 3.45. The highest BCUT2D eigenvalue weighted by molar-refractivity contribution is 6.31. The van der Waals surface area contributed by atoms with Crippen molar-refractivity contribution in [3.63, 3.8) is 0 Å². The summed E-state index contributed by atoms with van der Waals surface area (Å²) in [5.74, 6) is -0.132. The van der Waals surface area contributed by atoms with Gasteiger partial charge in [0.15, 0.2) is 5.82 Å². The van der Waals surface area contributed by atoms with E-state index in [1.807, 2.05) is 30.3 Å². The zero-order valence-corrected chi connectivity index (χ0v) is 13.7. The molecule has 0 bridgehead atoms. The van der Waals surface area contributed by atoms with Crippen molar-refractivity contribution in [1.82, 2.24) is 14.3 Å². The Hall–Kier alpha value is -2.91. The average molecular weight is 355 g/mol. The molecule has 0 N–H and O–H groups in total. The summed E-state index contributed by atoms with van der Waals surface area (Å²) in [6.45, 7) is 0. The van der Waals surface area contributed by atoms with Crippen molar-refractivity contribution in [3.05, 3.63) is 80.7 Å². The molecule has 0 spiro atoms. The number of aromatic nitrogens is 3. The number of benzene rings is 2. The molecular formula is C18H12ClFN4O. The molecule has 0 fully saturated rings. The van der Waals surface area contributed by atoms with Gasteiger partial charge in [-0.3, -0.25) is 4.57 Å². The zero-order chi connectivity index (χ0) is 17.6. The second-order valence-corrected chi connectivity index (χ2v) is 6.25. The highest BCUT2D eigenvalue weighted by Crippen LogP contribution is 2.30. The summed E-state index contributed by atoms with van der Waals surface area (Å²) in [6.07, 6.45) is 1.47. The average Bonchev–Trinajstić information content (AvgIpc) is 3.18. The van der Waals surface area contributed by atoms with Crippen LogP contribution in [-0.2, 0) is 6.42 Å². The smallest absolute Gasteiger partial charge is 0.271 e. The van der Waals surface area contributed by atoms with Gasteiger partial charge in [-0.1, -0.05) is 41.9 Å². The van der Waals surface area contributed by atoms with Crippen LogP contribution in [0.3, 0.4) is 0 Å². The molecular weight excluding hydrogens is 343 g/mol. The number of rotatable bonds is 2. The van der Waals surface area contributed by atoms with E-state index in [0.29, 0.717) is 12.2 Å². The van der Waals surface area contributed by atoms with Crippen molar-refractivity contribution in [2.75, 3.05) is 0 Å². The first-order valence-electron chi connectivity index (χ1n) is 7.75. The summed E-state index contributed by atoms with van der Waals surface area (Å²) in [5.41, 5.74) is 0.773. The van der Waals surface area contributed by atoms with E-state index in [1.54, 1.807) is 10.6 Å². The van der Waals surface area contributed by atoms with Crippen LogP contribution in [0.1, 0.15) is 29.4 Å². The molecule has 0 saturated heterocycles. The second-order valence-electron chi connectivity index (χ2n) is 5.85. The molecule has 0 amide bonds. The Balaban J connectivity index is 1.85. The molecule has 0 aliphatic carbocycles. The highest BCUT2D eigenvalue weighted by Gasteiger charge is 2.29. The van der Waals surface area contributed by atoms with Gasteiger partial charge >= 0.3 is 5.69 Å². The third-order valence-corrected chi connectivity index (χ3v) is 4.67. The first-order valence-corrected chi connectivity index (χ1v) is 8.13. The molecule has 1 atom stereocenters. The number of nitrogens with zero attached hydrogens (tertiary/aromatic N) is 4. The number of nitriles is 1. The van der Waals surface area contributed by atoms with Gasteiger partial charge in [0.25, 0.3) is 0 Å². The second kappa shape index (κ2) is 5.87. The molecule has 1 aromatic heterocycles. The monoisotopic (exact) mass is 354 g/mol. The van der Waals surface area contributed by atoms with Gasteiger partial charge in [0.1, 0.15) is 11.9 Å². The SMILES string of the molecule is N#Cc1cc(-n2nc3n(c2=O)[C@H](c2ccccc2)CC3)cc(Cl)c1F. The first kappa shape index (κ1) is 15.6. The molecule has 25 heavy (non-hydrogen) atoms. The number of halogens is 2. The van der Waals surface area contributed by atoms with Gasteiger partial charge in [-0.2, -0.15) is 9.94 Å². The summed E-state index contributed by atoms with van der Waals surface area (Å²) < 4.78 is 16.6. The van der Waals surface area contributed by atoms with Gasteiger partial charge in [0.2, 0.25) is 0 Å². The quantitative estimate of drug-likeness (QED) is 0.709. The van der Waals surface area contributed by atoms with E-state index in [2.05, 4.69) is 5.10 Å². The summed E-state index contributed by atoms with van der Waals surface area (Å²) >= 11 is 5.84. The third-order valence-electron chi connectivity index (χ3n) is 4.40. The topological polar surface area (TPSA) is 63.6 Å². The lowest BCUT2D eigenvalue weighted by Crippen LogP contribution is -2.26. The van der Waals surface area contributed by atoms with Crippen LogP contribution >= 0.6 is 11.6 Å². The molecule has 4 rings (SSSR count). The molecule has 2 heterocycles. The Morgan fingerprint density at radius 2 is 2.04 bits per heavy atom. The first-order chi connectivity index (χ1) is 12.1. The van der Waals surface area contributed by atoms with E-state index in [-0.39, 0.29) is 28.0 Å². The molecule has 7 heteroatoms. The number of hydrogen-bond donors (Lipinski definition) is 0. The number of hydrogen-bond acceptors (Lipinski definition) is 3. The van der Waals surface area contributed by atoms with Crippen LogP contribution in [0.15, 0.2) is 47.3 Å². The van der Waals surface area contributed by atoms with E-state index in [4.69, 9.17) is 16.9 Å². The Morgan fingerprint density at radius 1 is 1.28 bits per heavy atom. The number of fused-ring (bicyclic) bond motifs is 1. The molecule has 1 aliphatic heterocycles. The maximum atomic E-state index is 13.8. The van der Waals surface area contributed by atoms with Crippen LogP contribution < -0.4 is 5.69 Å². The van der Waals surface area contributed by atoms with E-state index >= 15 is 0 Å². The van der Waals surface area contributed by atoms with Crippen molar-refractivity contribution < 1.29 is 4.39 Å². The summed E-state index contributed by atoms with van der Waals surface area (Å²) in [7, 11) is 0. The lowest BCUT2D eigenvalue weighted by Gasteiger charge is -2.12. The Labute approximate surface area is 147 Å². The summed E-state index contributed by atoms with van der Waals surface area (Å²) in [4.78, 5) is 12.9. The predicted octanol–water partition coefficient (Wildman–Crippen LogP) is 3.23. The van der Waals surface area contributed by atoms with E-state index < -0.39 is 5.82 Å². The minimum atomic E-state index is -0.796. The van der Waals surface area contributed by atoms with Crippen LogP contribution in [0.25, 0.3) is 5.69 Å². The van der Waals surface area contributed by atoms with Gasteiger partial charge in [-0.25, -0.2) is 9.18 Å². The molecule has 124 valence electrons. The highest BCUT2D eigenvalue weighted by atomic mass is 35.5. The van der Waals surface area contributed by atoms with Crippen LogP contribution in [-0.4, -0.2) is 14.3 Å². The molecule has 1 aliphatic rings. The molecule has 2 aromatic carbocycles. The maximum absolute atomic E-state index is 13.8. The van der Waals surface area contributed by atoms with Gasteiger partial charge in [0.05, 0.1) is 22.3 Å². The van der Waals surface area contributed by atoms with Crippen molar-refractivity contribution in [1.29, 1.82) is 5.26 Å². The summed E-state index contributed by atoms with van der Waals surface area (Å²) in [6, 6.07) is 14.0. The summed E-state index contributed by atoms with van der Waals surface area (Å²) in [5, 5.41) is 13.2. The van der Waals surface area contributed by atoms with Crippen LogP contribution in [0, 0.1) is 17.1 Å². The Bertz CT molecular complexity index is 1070. The standard InChI is InChI=1S/C18H12ClFN4O/c19-14-9-13(8-12(10-21)17(14)20)24-18(25)23-15(6-7-16(23)22-24)11-4-2-1-3-5-11/h1-5,8-9,15H,6-7H2/t15-/m0/s1. The Kier molecular flexibility index (Phi) is 3.66. The fraction of sp³-hybridized carbons (Fsp3) is 0.167. The van der Waals surface area contributed by atoms with Crippen molar-refractivity contribution >= 4 is 11.6 Å².